The van der Waals surface area contributed by atoms with Gasteiger partial charge in [-0.15, -0.1) is 12.4 Å². The molecule has 0 saturated carbocycles. The minimum Gasteiger partial charge on any atom is -0.480 e. The Morgan fingerprint density at radius 2 is 2.02 bits per heavy atom. The van der Waals surface area contributed by atoms with Crippen LogP contribution in [0, 0.1) is 17.2 Å². The lowest BCUT2D eigenvalue weighted by atomic mass is 9.92. The lowest BCUT2D eigenvalue weighted by Gasteiger charge is -2.42. The van der Waals surface area contributed by atoms with Crippen molar-refractivity contribution in [3.63, 3.8) is 0 Å². The first-order chi connectivity index (χ1) is 19.2. The highest BCUT2D eigenvalue weighted by Crippen LogP contribution is 2.29. The average molecular weight is 592 g/mol. The molecule has 3 rings (SSSR count). The number of nitriles is 1. The third-order valence-corrected chi connectivity index (χ3v) is 7.22. The number of rotatable bonds is 12. The molecule has 0 aromatic carbocycles. The van der Waals surface area contributed by atoms with Crippen molar-refractivity contribution in [3.8, 4) is 6.07 Å². The van der Waals surface area contributed by atoms with Gasteiger partial charge >= 0.3 is 12.0 Å². The van der Waals surface area contributed by atoms with Crippen molar-refractivity contribution >= 4 is 53.1 Å². The van der Waals surface area contributed by atoms with Gasteiger partial charge in [0.05, 0.1) is 24.0 Å². The van der Waals surface area contributed by atoms with Crippen LogP contribution < -0.4 is 20.9 Å². The number of likely N-dealkylation sites (N-methyl/N-ethyl adjacent to an activating group) is 1. The maximum atomic E-state index is 12.9. The summed E-state index contributed by atoms with van der Waals surface area (Å²) in [4.78, 5) is 61.5. The monoisotopic (exact) mass is 591 g/mol. The smallest absolute Gasteiger partial charge is 0.327 e. The molecule has 2 aromatic rings. The number of carbonyl (C=O) groups excluding carboxylic acids is 3. The lowest BCUT2D eigenvalue weighted by Crippen LogP contribution is -2.52. The quantitative estimate of drug-likeness (QED) is 0.259. The van der Waals surface area contributed by atoms with E-state index in [1.807, 2.05) is 25.1 Å². The highest BCUT2D eigenvalue weighted by atomic mass is 35.5. The predicted molar refractivity (Wildman–Crippen MR) is 154 cm³/mol. The van der Waals surface area contributed by atoms with E-state index < -0.39 is 30.5 Å². The number of carbonyl (C=O) groups is 4. The Bertz CT molecular complexity index is 1260. The van der Waals surface area contributed by atoms with E-state index in [1.165, 1.54) is 17.1 Å². The van der Waals surface area contributed by atoms with Gasteiger partial charge < -0.3 is 30.9 Å². The number of unbranched alkanes of at least 4 members (excludes halogenated alkanes) is 1. The average Bonchev–Trinajstić information content (AvgIpc) is 3.38. The fourth-order valence-electron chi connectivity index (χ4n) is 4.89. The molecule has 1 saturated heterocycles. The van der Waals surface area contributed by atoms with Crippen LogP contribution in [0.25, 0.3) is 11.0 Å². The summed E-state index contributed by atoms with van der Waals surface area (Å²) in [6, 6.07) is 1.93. The van der Waals surface area contributed by atoms with Crippen LogP contribution in [0.15, 0.2) is 18.6 Å². The highest BCUT2D eigenvalue weighted by molar-refractivity contribution is 5.96. The summed E-state index contributed by atoms with van der Waals surface area (Å²) >= 11 is 0. The van der Waals surface area contributed by atoms with Gasteiger partial charge in [0.25, 0.3) is 0 Å². The van der Waals surface area contributed by atoms with Crippen LogP contribution in [0.5, 0.6) is 0 Å². The van der Waals surface area contributed by atoms with Crippen LogP contribution in [0.2, 0.25) is 0 Å². The minimum absolute atomic E-state index is 0. The van der Waals surface area contributed by atoms with Crippen molar-refractivity contribution in [2.24, 2.45) is 5.92 Å². The first-order valence-electron chi connectivity index (χ1n) is 13.3. The lowest BCUT2D eigenvalue weighted by molar-refractivity contribution is -0.141. The third kappa shape index (κ3) is 8.51. The Morgan fingerprint density at radius 1 is 1.27 bits per heavy atom. The molecule has 0 spiro atoms. The Balaban J connectivity index is 0.00000588. The van der Waals surface area contributed by atoms with Gasteiger partial charge in [-0.2, -0.15) is 5.26 Å². The van der Waals surface area contributed by atoms with Crippen molar-refractivity contribution in [1.29, 1.82) is 5.26 Å². The number of anilines is 1. The third-order valence-electron chi connectivity index (χ3n) is 7.22. The predicted octanol–water partition coefficient (Wildman–Crippen LogP) is 0.957. The normalized spacial score (nSPS) is 17.2. The topological polar surface area (TPSA) is 186 Å². The fraction of sp³-hybridized carbons (Fsp3) is 0.577. The molecule has 3 heterocycles. The number of hydrogen-bond donors (Lipinski definition) is 4. The van der Waals surface area contributed by atoms with E-state index in [1.54, 1.807) is 11.0 Å². The van der Waals surface area contributed by atoms with E-state index in [0.717, 1.165) is 19.4 Å². The number of nitrogens with one attached hydrogen (secondary N) is 3. The Morgan fingerprint density at radius 3 is 2.71 bits per heavy atom. The summed E-state index contributed by atoms with van der Waals surface area (Å²) < 4.78 is 1.26. The highest BCUT2D eigenvalue weighted by Gasteiger charge is 2.33. The summed E-state index contributed by atoms with van der Waals surface area (Å²) in [7, 11) is 3.69. The summed E-state index contributed by atoms with van der Waals surface area (Å²) in [6.45, 7) is 3.50. The molecule has 3 amide bonds. The number of amides is 3. The molecule has 3 atom stereocenters. The fourth-order valence-corrected chi connectivity index (χ4v) is 4.89. The van der Waals surface area contributed by atoms with Gasteiger partial charge in [-0.25, -0.2) is 19.6 Å². The molecule has 41 heavy (non-hydrogen) atoms. The van der Waals surface area contributed by atoms with Crippen molar-refractivity contribution in [2.75, 3.05) is 45.2 Å². The summed E-state index contributed by atoms with van der Waals surface area (Å²) in [5.41, 5.74) is 0.337. The molecule has 0 bridgehead atoms. The SMILES string of the molecule is CNCCCC[C@H](NC(=O)CNC(=O)n1ccc2c(N(C)[C@H]3CN(C(=O)CC#N)CC[C@H]3C)ncnc21)C(=O)O.Cl. The molecule has 1 aliphatic rings. The molecular weight excluding hydrogens is 554 g/mol. The molecule has 2 aromatic heterocycles. The van der Waals surface area contributed by atoms with Crippen LogP contribution in [0.4, 0.5) is 10.6 Å². The number of aromatic nitrogens is 3. The molecule has 1 fully saturated rings. The zero-order valence-corrected chi connectivity index (χ0v) is 24.3. The zero-order valence-electron chi connectivity index (χ0n) is 23.5. The number of fused-ring (bicyclic) bond motifs is 1. The van der Waals surface area contributed by atoms with Gasteiger partial charge in [-0.05, 0) is 51.3 Å². The molecule has 1 aliphatic heterocycles. The first-order valence-corrected chi connectivity index (χ1v) is 13.3. The van der Waals surface area contributed by atoms with Crippen molar-refractivity contribution < 1.29 is 24.3 Å². The number of halogens is 1. The van der Waals surface area contributed by atoms with Crippen LogP contribution in [0.3, 0.4) is 0 Å². The molecule has 0 unspecified atom stereocenters. The number of aliphatic carboxylic acids is 1. The number of piperidine rings is 1. The van der Waals surface area contributed by atoms with E-state index in [-0.39, 0.29) is 43.1 Å². The van der Waals surface area contributed by atoms with Crippen LogP contribution >= 0.6 is 12.4 Å². The number of carboxylic acids is 1. The summed E-state index contributed by atoms with van der Waals surface area (Å²) in [5.74, 6) is -1.09. The number of hydrogen-bond acceptors (Lipinski definition) is 9. The largest absolute Gasteiger partial charge is 0.480 e. The van der Waals surface area contributed by atoms with Gasteiger partial charge in [-0.3, -0.25) is 14.2 Å². The maximum absolute atomic E-state index is 12.9. The number of likely N-dealkylation sites (tertiary alicyclic amines) is 1. The number of nitrogens with zero attached hydrogens (tertiary/aromatic N) is 6. The molecule has 15 heteroatoms. The first kappa shape index (κ1) is 33.2. The van der Waals surface area contributed by atoms with E-state index in [4.69, 9.17) is 5.26 Å². The Hall–Kier alpha value is -3.96. The maximum Gasteiger partial charge on any atom is 0.327 e. The molecule has 14 nitrogen and oxygen atoms in total. The van der Waals surface area contributed by atoms with Gasteiger partial charge in [-0.1, -0.05) is 6.92 Å². The van der Waals surface area contributed by atoms with E-state index in [2.05, 4.69) is 32.8 Å². The minimum atomic E-state index is -1.13. The standard InChI is InChI=1S/C26H37N9O5.ClH/c1-17-8-12-34(22(37)7-10-27)15-20(17)33(3)23-18-9-13-35(24(18)31-16-30-23)26(40)29-14-21(36)32-19(25(38)39)6-4-5-11-28-2;/h9,13,16-17,19-20,28H,4-8,11-12,14-15H2,1-3H3,(H,29,40)(H,32,36)(H,38,39);1H/t17-,19+,20+;/m1./s1. The van der Waals surface area contributed by atoms with Gasteiger partial charge in [0, 0.05) is 26.3 Å². The molecule has 0 aliphatic carbocycles. The molecule has 224 valence electrons. The van der Waals surface area contributed by atoms with Gasteiger partial charge in [0.2, 0.25) is 11.8 Å². The van der Waals surface area contributed by atoms with Crippen LogP contribution in [-0.2, 0) is 14.4 Å². The summed E-state index contributed by atoms with van der Waals surface area (Å²) in [5, 5.41) is 26.9. The summed E-state index contributed by atoms with van der Waals surface area (Å²) in [6.07, 6.45) is 5.20. The van der Waals surface area contributed by atoms with Crippen LogP contribution in [-0.4, -0.2) is 101 Å². The Kier molecular flexibility index (Phi) is 12.8. The van der Waals surface area contributed by atoms with Crippen LogP contribution in [0.1, 0.15) is 39.0 Å². The second kappa shape index (κ2) is 15.7. The van der Waals surface area contributed by atoms with Gasteiger partial charge in [0.15, 0.2) is 5.65 Å². The zero-order chi connectivity index (χ0) is 29.2. The van der Waals surface area contributed by atoms with Crippen molar-refractivity contribution in [3.05, 3.63) is 18.6 Å². The van der Waals surface area contributed by atoms with Crippen molar-refractivity contribution in [2.45, 2.75) is 51.1 Å². The second-order valence-electron chi connectivity index (χ2n) is 9.96. The van der Waals surface area contributed by atoms with E-state index in [9.17, 15) is 24.3 Å². The van der Waals surface area contributed by atoms with E-state index >= 15 is 0 Å². The molecule has 4 N–H and O–H groups in total. The molecule has 0 radical (unpaired) electrons. The molecular formula is C26H38ClN9O5. The second-order valence-corrected chi connectivity index (χ2v) is 9.96. The Labute approximate surface area is 244 Å². The van der Waals surface area contributed by atoms with Crippen molar-refractivity contribution in [1.82, 2.24) is 35.4 Å². The number of carboxylic acid groups (broad SMARTS) is 1. The van der Waals surface area contributed by atoms with Gasteiger partial charge in [0.1, 0.15) is 24.6 Å². The van der Waals surface area contributed by atoms with E-state index in [0.29, 0.717) is 36.4 Å².